The molecule has 0 aromatic carbocycles. The fourth-order valence-corrected chi connectivity index (χ4v) is 1.99. The van der Waals surface area contributed by atoms with Crippen molar-refractivity contribution in [3.8, 4) is 0 Å². The van der Waals surface area contributed by atoms with Crippen LogP contribution in [0.1, 0.15) is 35.8 Å². The zero-order chi connectivity index (χ0) is 11.3. The molecule has 0 aliphatic rings. The molecule has 0 saturated carbocycles. The summed E-state index contributed by atoms with van der Waals surface area (Å²) >= 11 is 1.44. The van der Waals surface area contributed by atoms with Crippen molar-refractivity contribution in [3.63, 3.8) is 0 Å². The minimum Gasteiger partial charge on any atom is -0.338 e. The topological polar surface area (TPSA) is 59.2 Å². The summed E-state index contributed by atoms with van der Waals surface area (Å²) in [6.07, 6.45) is 0.966. The van der Waals surface area contributed by atoms with Crippen LogP contribution in [0.2, 0.25) is 0 Å². The SMILES string of the molecule is CCCN(CC)C(=O)c1csc(CN)n1. The second kappa shape index (κ2) is 5.82. The van der Waals surface area contributed by atoms with Crippen LogP contribution in [0.5, 0.6) is 0 Å². The molecule has 0 aliphatic carbocycles. The minimum absolute atomic E-state index is 0.00954. The Hall–Kier alpha value is -0.940. The summed E-state index contributed by atoms with van der Waals surface area (Å²) in [4.78, 5) is 17.9. The number of carbonyl (C=O) groups is 1. The second-order valence-corrected chi connectivity index (χ2v) is 4.16. The maximum atomic E-state index is 11.9. The van der Waals surface area contributed by atoms with Crippen molar-refractivity contribution >= 4 is 17.2 Å². The van der Waals surface area contributed by atoms with E-state index in [1.807, 2.05) is 6.92 Å². The predicted octanol–water partition coefficient (Wildman–Crippen LogP) is 1.47. The maximum Gasteiger partial charge on any atom is 0.273 e. The van der Waals surface area contributed by atoms with E-state index in [9.17, 15) is 4.79 Å². The molecule has 0 saturated heterocycles. The average Bonchev–Trinajstić information content (AvgIpc) is 2.73. The number of amides is 1. The van der Waals surface area contributed by atoms with Gasteiger partial charge in [-0.25, -0.2) is 4.98 Å². The third kappa shape index (κ3) is 3.00. The molecule has 0 spiro atoms. The summed E-state index contributed by atoms with van der Waals surface area (Å²) in [5, 5.41) is 2.59. The Morgan fingerprint density at radius 1 is 1.60 bits per heavy atom. The number of nitrogens with zero attached hydrogens (tertiary/aromatic N) is 2. The Morgan fingerprint density at radius 2 is 2.33 bits per heavy atom. The third-order valence-electron chi connectivity index (χ3n) is 2.11. The molecule has 4 nitrogen and oxygen atoms in total. The summed E-state index contributed by atoms with van der Waals surface area (Å²) in [5.74, 6) is 0.00954. The van der Waals surface area contributed by atoms with E-state index < -0.39 is 0 Å². The van der Waals surface area contributed by atoms with E-state index in [2.05, 4.69) is 11.9 Å². The van der Waals surface area contributed by atoms with Crippen molar-refractivity contribution in [3.05, 3.63) is 16.1 Å². The van der Waals surface area contributed by atoms with Crippen LogP contribution in [-0.4, -0.2) is 28.9 Å². The van der Waals surface area contributed by atoms with Gasteiger partial charge in [0.1, 0.15) is 10.7 Å². The standard InChI is InChI=1S/C10H17N3OS/c1-3-5-13(4-2)10(14)8-7-15-9(6-11)12-8/h7H,3-6,11H2,1-2H3. The van der Waals surface area contributed by atoms with Gasteiger partial charge in [-0.1, -0.05) is 6.92 Å². The van der Waals surface area contributed by atoms with Gasteiger partial charge in [-0.15, -0.1) is 11.3 Å². The van der Waals surface area contributed by atoms with Crippen LogP contribution in [0.4, 0.5) is 0 Å². The summed E-state index contributed by atoms with van der Waals surface area (Å²) in [6.45, 7) is 5.94. The maximum absolute atomic E-state index is 11.9. The highest BCUT2D eigenvalue weighted by Crippen LogP contribution is 2.11. The molecule has 15 heavy (non-hydrogen) atoms. The van der Waals surface area contributed by atoms with Crippen molar-refractivity contribution in [2.45, 2.75) is 26.8 Å². The van der Waals surface area contributed by atoms with Gasteiger partial charge in [0.25, 0.3) is 5.91 Å². The zero-order valence-corrected chi connectivity index (χ0v) is 10.0. The zero-order valence-electron chi connectivity index (χ0n) is 9.19. The van der Waals surface area contributed by atoms with E-state index >= 15 is 0 Å². The van der Waals surface area contributed by atoms with Gasteiger partial charge < -0.3 is 10.6 Å². The first-order valence-electron chi connectivity index (χ1n) is 5.16. The van der Waals surface area contributed by atoms with Gasteiger partial charge in [0.05, 0.1) is 0 Å². The van der Waals surface area contributed by atoms with E-state index in [1.165, 1.54) is 11.3 Å². The van der Waals surface area contributed by atoms with Crippen molar-refractivity contribution in [2.24, 2.45) is 5.73 Å². The second-order valence-electron chi connectivity index (χ2n) is 3.22. The van der Waals surface area contributed by atoms with Crippen molar-refractivity contribution < 1.29 is 4.79 Å². The molecule has 5 heteroatoms. The third-order valence-corrected chi connectivity index (χ3v) is 2.98. The van der Waals surface area contributed by atoms with Gasteiger partial charge in [-0.2, -0.15) is 0 Å². The number of thiazole rings is 1. The molecule has 1 aromatic heterocycles. The number of rotatable bonds is 5. The van der Waals surface area contributed by atoms with Crippen LogP contribution >= 0.6 is 11.3 Å². The van der Waals surface area contributed by atoms with Gasteiger partial charge in [0, 0.05) is 25.0 Å². The molecule has 2 N–H and O–H groups in total. The van der Waals surface area contributed by atoms with Crippen molar-refractivity contribution in [1.29, 1.82) is 0 Å². The average molecular weight is 227 g/mol. The largest absolute Gasteiger partial charge is 0.338 e. The highest BCUT2D eigenvalue weighted by molar-refractivity contribution is 7.09. The summed E-state index contributed by atoms with van der Waals surface area (Å²) < 4.78 is 0. The molecule has 0 bridgehead atoms. The minimum atomic E-state index is 0.00954. The Labute approximate surface area is 94.1 Å². The predicted molar refractivity (Wildman–Crippen MR) is 61.9 cm³/mol. The smallest absolute Gasteiger partial charge is 0.273 e. The van der Waals surface area contributed by atoms with Gasteiger partial charge in [-0.3, -0.25) is 4.79 Å². The van der Waals surface area contributed by atoms with Crippen LogP contribution in [-0.2, 0) is 6.54 Å². The van der Waals surface area contributed by atoms with Gasteiger partial charge in [-0.05, 0) is 13.3 Å². The van der Waals surface area contributed by atoms with Gasteiger partial charge in [0.2, 0.25) is 0 Å². The first-order valence-corrected chi connectivity index (χ1v) is 6.04. The number of aromatic nitrogens is 1. The molecular weight excluding hydrogens is 210 g/mol. The van der Waals surface area contributed by atoms with Crippen molar-refractivity contribution in [2.75, 3.05) is 13.1 Å². The van der Waals surface area contributed by atoms with Crippen LogP contribution in [0.25, 0.3) is 0 Å². The molecule has 1 rings (SSSR count). The molecular formula is C10H17N3OS. The monoisotopic (exact) mass is 227 g/mol. The van der Waals surface area contributed by atoms with Crippen LogP contribution < -0.4 is 5.73 Å². The number of nitrogens with two attached hydrogens (primary N) is 1. The van der Waals surface area contributed by atoms with Crippen LogP contribution in [0.15, 0.2) is 5.38 Å². The lowest BCUT2D eigenvalue weighted by atomic mass is 10.3. The van der Waals surface area contributed by atoms with E-state index in [0.717, 1.165) is 24.5 Å². The number of hydrogen-bond acceptors (Lipinski definition) is 4. The Balaban J connectivity index is 2.73. The normalized spacial score (nSPS) is 10.3. The fourth-order valence-electron chi connectivity index (χ4n) is 1.34. The highest BCUT2D eigenvalue weighted by Gasteiger charge is 2.16. The molecule has 84 valence electrons. The Bertz CT molecular complexity index is 324. The first kappa shape index (κ1) is 12.1. The van der Waals surface area contributed by atoms with E-state index in [4.69, 9.17) is 5.73 Å². The Kier molecular flexibility index (Phi) is 4.71. The molecule has 0 aliphatic heterocycles. The lowest BCUT2D eigenvalue weighted by Crippen LogP contribution is -2.31. The lowest BCUT2D eigenvalue weighted by Gasteiger charge is -2.18. The van der Waals surface area contributed by atoms with Gasteiger partial charge in [0.15, 0.2) is 0 Å². The molecule has 0 fully saturated rings. The molecule has 1 amide bonds. The summed E-state index contributed by atoms with van der Waals surface area (Å²) in [7, 11) is 0. The van der Waals surface area contributed by atoms with E-state index in [1.54, 1.807) is 10.3 Å². The molecule has 0 radical (unpaired) electrons. The quantitative estimate of drug-likeness (QED) is 0.828. The lowest BCUT2D eigenvalue weighted by molar-refractivity contribution is 0.0759. The number of hydrogen-bond donors (Lipinski definition) is 1. The summed E-state index contributed by atoms with van der Waals surface area (Å²) in [5.41, 5.74) is 5.98. The van der Waals surface area contributed by atoms with Crippen LogP contribution in [0, 0.1) is 0 Å². The van der Waals surface area contributed by atoms with Gasteiger partial charge >= 0.3 is 0 Å². The van der Waals surface area contributed by atoms with E-state index in [0.29, 0.717) is 12.2 Å². The first-order chi connectivity index (χ1) is 7.22. The summed E-state index contributed by atoms with van der Waals surface area (Å²) in [6, 6.07) is 0. The van der Waals surface area contributed by atoms with Crippen LogP contribution in [0.3, 0.4) is 0 Å². The fraction of sp³-hybridized carbons (Fsp3) is 0.600. The Morgan fingerprint density at radius 3 is 2.80 bits per heavy atom. The molecule has 1 heterocycles. The molecule has 0 atom stereocenters. The van der Waals surface area contributed by atoms with E-state index in [-0.39, 0.29) is 5.91 Å². The van der Waals surface area contributed by atoms with Crippen molar-refractivity contribution in [1.82, 2.24) is 9.88 Å². The number of carbonyl (C=O) groups excluding carboxylic acids is 1. The molecule has 1 aromatic rings. The molecule has 0 unspecified atom stereocenters. The highest BCUT2D eigenvalue weighted by atomic mass is 32.1.